The Hall–Kier alpha value is -1.68. The zero-order chi connectivity index (χ0) is 13.9. The lowest BCUT2D eigenvalue weighted by Gasteiger charge is -2.05. The van der Waals surface area contributed by atoms with Gasteiger partial charge >= 0.3 is 5.97 Å². The van der Waals surface area contributed by atoms with Crippen molar-refractivity contribution in [3.05, 3.63) is 51.5 Å². The SMILES string of the molecule is CCOC(=O)c1ccc2c(c1)CC(Cc1cncs1)C2. The van der Waals surface area contributed by atoms with E-state index in [0.717, 1.165) is 19.3 Å². The molecule has 1 aliphatic rings. The summed E-state index contributed by atoms with van der Waals surface area (Å²) in [6, 6.07) is 5.96. The molecule has 1 aromatic carbocycles. The van der Waals surface area contributed by atoms with Gasteiger partial charge in [0.2, 0.25) is 0 Å². The Balaban J connectivity index is 1.71. The second kappa shape index (κ2) is 5.75. The van der Waals surface area contributed by atoms with Crippen LogP contribution >= 0.6 is 11.3 Å². The first-order valence-corrected chi connectivity index (χ1v) is 7.80. The lowest BCUT2D eigenvalue weighted by atomic mass is 10.0. The highest BCUT2D eigenvalue weighted by Crippen LogP contribution is 2.30. The number of carbonyl (C=O) groups excluding carboxylic acids is 1. The van der Waals surface area contributed by atoms with Gasteiger partial charge in [-0.2, -0.15) is 0 Å². The van der Waals surface area contributed by atoms with Crippen LogP contribution in [0.3, 0.4) is 0 Å². The van der Waals surface area contributed by atoms with Gasteiger partial charge in [0.25, 0.3) is 0 Å². The molecule has 104 valence electrons. The molecule has 0 saturated carbocycles. The van der Waals surface area contributed by atoms with Crippen LogP contribution in [0.2, 0.25) is 0 Å². The molecule has 1 aliphatic carbocycles. The summed E-state index contributed by atoms with van der Waals surface area (Å²) in [7, 11) is 0. The Kier molecular flexibility index (Phi) is 3.83. The Bertz CT molecular complexity index is 607. The summed E-state index contributed by atoms with van der Waals surface area (Å²) in [6.45, 7) is 2.25. The van der Waals surface area contributed by atoms with Crippen LogP contribution < -0.4 is 0 Å². The number of hydrogen-bond donors (Lipinski definition) is 0. The van der Waals surface area contributed by atoms with Gasteiger partial charge in [-0.15, -0.1) is 11.3 Å². The molecule has 20 heavy (non-hydrogen) atoms. The van der Waals surface area contributed by atoms with Crippen LogP contribution in [-0.4, -0.2) is 17.6 Å². The molecule has 0 radical (unpaired) electrons. The first kappa shape index (κ1) is 13.3. The average molecular weight is 287 g/mol. The van der Waals surface area contributed by atoms with E-state index in [1.165, 1.54) is 16.0 Å². The standard InChI is InChI=1S/C16H17NO2S/c1-2-19-16(18)13-4-3-12-5-11(6-14(12)8-13)7-15-9-17-10-20-15/h3-4,8-11H,2,5-7H2,1H3. The minimum Gasteiger partial charge on any atom is -0.462 e. The van der Waals surface area contributed by atoms with Crippen LogP contribution in [0, 0.1) is 5.92 Å². The van der Waals surface area contributed by atoms with Gasteiger partial charge in [-0.3, -0.25) is 4.98 Å². The fourth-order valence-corrected chi connectivity index (χ4v) is 3.53. The maximum atomic E-state index is 11.8. The van der Waals surface area contributed by atoms with Crippen molar-refractivity contribution < 1.29 is 9.53 Å². The lowest BCUT2D eigenvalue weighted by Crippen LogP contribution is -2.05. The lowest BCUT2D eigenvalue weighted by molar-refractivity contribution is 0.0526. The molecule has 0 fully saturated rings. The molecule has 3 rings (SSSR count). The number of esters is 1. The minimum absolute atomic E-state index is 0.221. The summed E-state index contributed by atoms with van der Waals surface area (Å²) in [4.78, 5) is 17.2. The minimum atomic E-state index is -0.221. The van der Waals surface area contributed by atoms with E-state index in [2.05, 4.69) is 11.1 Å². The zero-order valence-corrected chi connectivity index (χ0v) is 12.3. The molecule has 0 bridgehead atoms. The van der Waals surface area contributed by atoms with Crippen molar-refractivity contribution in [1.82, 2.24) is 4.98 Å². The molecular weight excluding hydrogens is 270 g/mol. The molecule has 0 N–H and O–H groups in total. The molecule has 0 saturated heterocycles. The summed E-state index contributed by atoms with van der Waals surface area (Å²) in [5.41, 5.74) is 5.22. The highest BCUT2D eigenvalue weighted by Gasteiger charge is 2.23. The second-order valence-electron chi connectivity index (χ2n) is 5.15. The molecule has 3 nitrogen and oxygen atoms in total. The molecular formula is C16H17NO2S. The molecule has 2 aromatic rings. The zero-order valence-electron chi connectivity index (χ0n) is 11.5. The van der Waals surface area contributed by atoms with Crippen molar-refractivity contribution >= 4 is 17.3 Å². The van der Waals surface area contributed by atoms with Crippen molar-refractivity contribution in [2.24, 2.45) is 5.92 Å². The predicted octanol–water partition coefficient (Wildman–Crippen LogP) is 3.28. The maximum absolute atomic E-state index is 11.8. The predicted molar refractivity (Wildman–Crippen MR) is 79.1 cm³/mol. The summed E-state index contributed by atoms with van der Waals surface area (Å²) in [5, 5.41) is 0. The van der Waals surface area contributed by atoms with Crippen molar-refractivity contribution in [2.45, 2.75) is 26.2 Å². The highest BCUT2D eigenvalue weighted by molar-refractivity contribution is 7.09. The van der Waals surface area contributed by atoms with Gasteiger partial charge in [0.1, 0.15) is 0 Å². The first-order valence-electron chi connectivity index (χ1n) is 6.92. The van der Waals surface area contributed by atoms with Crippen LogP contribution in [0.15, 0.2) is 29.9 Å². The van der Waals surface area contributed by atoms with Crippen LogP contribution in [0.1, 0.15) is 33.3 Å². The number of rotatable bonds is 4. The largest absolute Gasteiger partial charge is 0.462 e. The first-order chi connectivity index (χ1) is 9.76. The monoisotopic (exact) mass is 287 g/mol. The van der Waals surface area contributed by atoms with E-state index >= 15 is 0 Å². The molecule has 0 spiro atoms. The number of aromatic nitrogens is 1. The molecule has 1 aromatic heterocycles. The number of thiazole rings is 1. The Labute approximate surface area is 122 Å². The normalized spacial score (nSPS) is 16.9. The van der Waals surface area contributed by atoms with Crippen molar-refractivity contribution in [1.29, 1.82) is 0 Å². The van der Waals surface area contributed by atoms with Gasteiger partial charge < -0.3 is 4.74 Å². The van der Waals surface area contributed by atoms with Crippen LogP contribution in [0.25, 0.3) is 0 Å². The summed E-state index contributed by atoms with van der Waals surface area (Å²) < 4.78 is 5.05. The van der Waals surface area contributed by atoms with E-state index in [4.69, 9.17) is 4.74 Å². The Morgan fingerprint density at radius 2 is 2.25 bits per heavy atom. The smallest absolute Gasteiger partial charge is 0.338 e. The van der Waals surface area contributed by atoms with E-state index in [1.54, 1.807) is 11.3 Å². The molecule has 1 heterocycles. The van der Waals surface area contributed by atoms with Gasteiger partial charge in [0.15, 0.2) is 0 Å². The maximum Gasteiger partial charge on any atom is 0.338 e. The quantitative estimate of drug-likeness (QED) is 0.810. The third-order valence-electron chi connectivity index (χ3n) is 3.71. The topological polar surface area (TPSA) is 39.2 Å². The van der Waals surface area contributed by atoms with E-state index in [0.29, 0.717) is 18.1 Å². The highest BCUT2D eigenvalue weighted by atomic mass is 32.1. The summed E-state index contributed by atoms with van der Waals surface area (Å²) >= 11 is 1.72. The van der Waals surface area contributed by atoms with Gasteiger partial charge in [0.05, 0.1) is 17.7 Å². The number of benzene rings is 1. The fraction of sp³-hybridized carbons (Fsp3) is 0.375. The number of hydrogen-bond acceptors (Lipinski definition) is 4. The Morgan fingerprint density at radius 3 is 3.00 bits per heavy atom. The van der Waals surface area contributed by atoms with Gasteiger partial charge in [-0.1, -0.05) is 6.07 Å². The fourth-order valence-electron chi connectivity index (χ4n) is 2.82. The van der Waals surface area contributed by atoms with Crippen LogP contribution in [-0.2, 0) is 24.0 Å². The molecule has 0 amide bonds. The summed E-state index contributed by atoms with van der Waals surface area (Å²) in [6.07, 6.45) is 5.17. The molecule has 1 unspecified atom stereocenters. The van der Waals surface area contributed by atoms with E-state index in [1.807, 2.05) is 30.8 Å². The molecule has 4 heteroatoms. The van der Waals surface area contributed by atoms with Crippen molar-refractivity contribution in [2.75, 3.05) is 6.61 Å². The van der Waals surface area contributed by atoms with Gasteiger partial charge in [0, 0.05) is 11.1 Å². The third kappa shape index (κ3) is 2.75. The number of nitrogens with zero attached hydrogens (tertiary/aromatic N) is 1. The van der Waals surface area contributed by atoms with E-state index in [-0.39, 0.29) is 5.97 Å². The average Bonchev–Trinajstić information content (AvgIpc) is 3.07. The van der Waals surface area contributed by atoms with Crippen LogP contribution in [0.4, 0.5) is 0 Å². The molecule has 1 atom stereocenters. The number of fused-ring (bicyclic) bond motifs is 1. The number of carbonyl (C=O) groups is 1. The summed E-state index contributed by atoms with van der Waals surface area (Å²) in [5.74, 6) is 0.407. The van der Waals surface area contributed by atoms with Gasteiger partial charge in [-0.05, 0) is 55.4 Å². The van der Waals surface area contributed by atoms with Gasteiger partial charge in [-0.25, -0.2) is 4.79 Å². The molecule has 0 aliphatic heterocycles. The van der Waals surface area contributed by atoms with Crippen LogP contribution in [0.5, 0.6) is 0 Å². The van der Waals surface area contributed by atoms with Crippen molar-refractivity contribution in [3.63, 3.8) is 0 Å². The van der Waals surface area contributed by atoms with Crippen molar-refractivity contribution in [3.8, 4) is 0 Å². The number of ether oxygens (including phenoxy) is 1. The van der Waals surface area contributed by atoms with E-state index in [9.17, 15) is 4.79 Å². The second-order valence-corrected chi connectivity index (χ2v) is 6.12. The third-order valence-corrected chi connectivity index (χ3v) is 4.51. The Morgan fingerprint density at radius 1 is 1.40 bits per heavy atom. The van der Waals surface area contributed by atoms with E-state index < -0.39 is 0 Å².